The number of aromatic nitrogens is 2. The molecule has 1 aromatic carbocycles. The first-order valence-electron chi connectivity index (χ1n) is 5.07. The van der Waals surface area contributed by atoms with Crippen LogP contribution >= 0.6 is 22.6 Å². The minimum Gasteiger partial charge on any atom is -0.268 e. The molecule has 0 aliphatic carbocycles. The number of para-hydroxylation sites is 1. The molecule has 0 fully saturated rings. The smallest absolute Gasteiger partial charge is 0.268 e. The monoisotopic (exact) mass is 342 g/mol. The zero-order valence-electron chi connectivity index (χ0n) is 9.48. The molecule has 0 aliphatic heterocycles. The summed E-state index contributed by atoms with van der Waals surface area (Å²) in [6.45, 7) is 1.78. The highest BCUT2D eigenvalue weighted by molar-refractivity contribution is 14.1. The molecule has 0 unspecified atom stereocenters. The summed E-state index contributed by atoms with van der Waals surface area (Å²) < 4.78 is 3.24. The largest absolute Gasteiger partial charge is 0.335 e. The number of hydrogen-bond donors (Lipinski definition) is 0. The molecule has 0 saturated heterocycles. The quantitative estimate of drug-likeness (QED) is 0.737. The number of hydrogen-bond acceptors (Lipinski definition) is 2. The van der Waals surface area contributed by atoms with Gasteiger partial charge >= 0.3 is 5.69 Å². The molecule has 0 spiro atoms. The summed E-state index contributed by atoms with van der Waals surface area (Å²) in [6.07, 6.45) is 0. The lowest BCUT2D eigenvalue weighted by Gasteiger charge is -2.12. The molecule has 0 N–H and O–H groups in total. The van der Waals surface area contributed by atoms with Gasteiger partial charge in [0.1, 0.15) is 0 Å². The molecule has 0 amide bonds. The van der Waals surface area contributed by atoms with Gasteiger partial charge in [-0.25, -0.2) is 4.79 Å². The SMILES string of the molecule is Cc1c(I)c(=O)n(C)c(=O)n1-c1ccccc1. The minimum absolute atomic E-state index is 0.250. The fourth-order valence-electron chi connectivity index (χ4n) is 1.66. The third-order valence-electron chi connectivity index (χ3n) is 2.64. The van der Waals surface area contributed by atoms with Crippen LogP contribution in [0.5, 0.6) is 0 Å². The Labute approximate surface area is 112 Å². The van der Waals surface area contributed by atoms with Gasteiger partial charge in [0.05, 0.1) is 9.26 Å². The van der Waals surface area contributed by atoms with Gasteiger partial charge < -0.3 is 0 Å². The van der Waals surface area contributed by atoms with E-state index in [1.165, 1.54) is 7.05 Å². The summed E-state index contributed by atoms with van der Waals surface area (Å²) in [5.74, 6) is 0. The maximum Gasteiger partial charge on any atom is 0.335 e. The fraction of sp³-hybridized carbons (Fsp3) is 0.167. The van der Waals surface area contributed by atoms with Crippen molar-refractivity contribution in [2.75, 3.05) is 0 Å². The van der Waals surface area contributed by atoms with Gasteiger partial charge in [0.15, 0.2) is 0 Å². The van der Waals surface area contributed by atoms with E-state index < -0.39 is 0 Å². The maximum absolute atomic E-state index is 12.1. The van der Waals surface area contributed by atoms with E-state index in [1.54, 1.807) is 11.5 Å². The number of rotatable bonds is 1. The molecule has 0 radical (unpaired) electrons. The summed E-state index contributed by atoms with van der Waals surface area (Å²) >= 11 is 1.97. The standard InChI is InChI=1S/C12H11IN2O2/c1-8-10(13)11(16)14(2)12(17)15(8)9-6-4-3-5-7-9/h3-7H,1-2H3. The van der Waals surface area contributed by atoms with E-state index in [0.717, 1.165) is 10.3 Å². The number of halogens is 1. The third-order valence-corrected chi connectivity index (χ3v) is 3.88. The van der Waals surface area contributed by atoms with Crippen LogP contribution in [0.1, 0.15) is 5.69 Å². The first kappa shape index (κ1) is 12.1. The molecule has 0 saturated carbocycles. The summed E-state index contributed by atoms with van der Waals surface area (Å²) in [5.41, 5.74) is 0.868. The van der Waals surface area contributed by atoms with Crippen LogP contribution in [0.3, 0.4) is 0 Å². The fourth-order valence-corrected chi connectivity index (χ4v) is 2.26. The van der Waals surface area contributed by atoms with Crippen LogP contribution in [-0.2, 0) is 7.05 Å². The van der Waals surface area contributed by atoms with Crippen molar-refractivity contribution < 1.29 is 0 Å². The summed E-state index contributed by atoms with van der Waals surface area (Å²) in [4.78, 5) is 23.8. The van der Waals surface area contributed by atoms with E-state index >= 15 is 0 Å². The molecule has 4 nitrogen and oxygen atoms in total. The third kappa shape index (κ3) is 1.95. The minimum atomic E-state index is -0.320. The summed E-state index contributed by atoms with van der Waals surface area (Å²) in [5, 5.41) is 0. The van der Waals surface area contributed by atoms with Crippen LogP contribution in [-0.4, -0.2) is 9.13 Å². The Bertz CT molecular complexity index is 671. The van der Waals surface area contributed by atoms with Gasteiger partial charge in [-0.1, -0.05) is 18.2 Å². The molecule has 88 valence electrons. The lowest BCUT2D eigenvalue weighted by Crippen LogP contribution is -2.40. The number of nitrogens with zero attached hydrogens (tertiary/aromatic N) is 2. The van der Waals surface area contributed by atoms with Crippen LogP contribution in [0.15, 0.2) is 39.9 Å². The van der Waals surface area contributed by atoms with Crippen molar-refractivity contribution in [1.82, 2.24) is 9.13 Å². The normalized spacial score (nSPS) is 10.5. The first-order chi connectivity index (χ1) is 8.04. The van der Waals surface area contributed by atoms with Crippen molar-refractivity contribution in [3.8, 4) is 5.69 Å². The van der Waals surface area contributed by atoms with Crippen LogP contribution in [0.2, 0.25) is 0 Å². The van der Waals surface area contributed by atoms with Crippen molar-refractivity contribution in [2.45, 2.75) is 6.92 Å². The topological polar surface area (TPSA) is 44.0 Å². The summed E-state index contributed by atoms with van der Waals surface area (Å²) in [6, 6.07) is 9.29. The Morgan fingerprint density at radius 3 is 2.29 bits per heavy atom. The van der Waals surface area contributed by atoms with Gasteiger partial charge in [0.25, 0.3) is 5.56 Å². The highest BCUT2D eigenvalue weighted by Gasteiger charge is 2.12. The molecule has 2 rings (SSSR count). The Kier molecular flexibility index (Phi) is 3.19. The van der Waals surface area contributed by atoms with Crippen molar-refractivity contribution >= 4 is 22.6 Å². The second-order valence-electron chi connectivity index (χ2n) is 3.72. The van der Waals surface area contributed by atoms with E-state index in [2.05, 4.69) is 0 Å². The molecule has 2 aromatic rings. The zero-order chi connectivity index (χ0) is 12.6. The van der Waals surface area contributed by atoms with E-state index in [-0.39, 0.29) is 11.2 Å². The van der Waals surface area contributed by atoms with Gasteiger partial charge in [-0.05, 0) is 41.6 Å². The summed E-state index contributed by atoms with van der Waals surface area (Å²) in [7, 11) is 1.49. The van der Waals surface area contributed by atoms with Crippen LogP contribution < -0.4 is 11.2 Å². The second-order valence-corrected chi connectivity index (χ2v) is 4.80. The molecule has 0 atom stereocenters. The van der Waals surface area contributed by atoms with Crippen molar-refractivity contribution in [1.29, 1.82) is 0 Å². The zero-order valence-corrected chi connectivity index (χ0v) is 11.6. The van der Waals surface area contributed by atoms with Crippen LogP contribution in [0, 0.1) is 10.5 Å². The van der Waals surface area contributed by atoms with Crippen LogP contribution in [0.25, 0.3) is 5.69 Å². The highest BCUT2D eigenvalue weighted by atomic mass is 127. The van der Waals surface area contributed by atoms with E-state index in [4.69, 9.17) is 0 Å². The van der Waals surface area contributed by atoms with Gasteiger partial charge in [0.2, 0.25) is 0 Å². The molecule has 1 heterocycles. The van der Waals surface area contributed by atoms with Crippen molar-refractivity contribution in [3.63, 3.8) is 0 Å². The van der Waals surface area contributed by atoms with Crippen molar-refractivity contribution in [3.05, 3.63) is 60.4 Å². The Morgan fingerprint density at radius 1 is 1.12 bits per heavy atom. The molecule has 0 bridgehead atoms. The first-order valence-corrected chi connectivity index (χ1v) is 6.15. The predicted octanol–water partition coefficient (Wildman–Crippen LogP) is 1.45. The van der Waals surface area contributed by atoms with Gasteiger partial charge in [-0.15, -0.1) is 0 Å². The average Bonchev–Trinajstić information content (AvgIpc) is 2.36. The predicted molar refractivity (Wildman–Crippen MR) is 74.7 cm³/mol. The highest BCUT2D eigenvalue weighted by Crippen LogP contribution is 2.10. The lowest BCUT2D eigenvalue weighted by molar-refractivity contribution is 0.705. The molecular formula is C12H11IN2O2. The average molecular weight is 342 g/mol. The maximum atomic E-state index is 12.1. The number of benzene rings is 1. The Hall–Kier alpha value is -1.37. The van der Waals surface area contributed by atoms with Crippen LogP contribution in [0.4, 0.5) is 0 Å². The Morgan fingerprint density at radius 2 is 1.71 bits per heavy atom. The van der Waals surface area contributed by atoms with Gasteiger partial charge in [-0.3, -0.25) is 13.9 Å². The van der Waals surface area contributed by atoms with E-state index in [1.807, 2.05) is 52.9 Å². The molecule has 1 aromatic heterocycles. The molecule has 17 heavy (non-hydrogen) atoms. The van der Waals surface area contributed by atoms with Crippen molar-refractivity contribution in [2.24, 2.45) is 7.05 Å². The lowest BCUT2D eigenvalue weighted by atomic mass is 10.3. The molecule has 0 aliphatic rings. The van der Waals surface area contributed by atoms with E-state index in [0.29, 0.717) is 9.26 Å². The molecule has 5 heteroatoms. The van der Waals surface area contributed by atoms with Gasteiger partial charge in [-0.2, -0.15) is 0 Å². The van der Waals surface area contributed by atoms with E-state index in [9.17, 15) is 9.59 Å². The molecular weight excluding hydrogens is 331 g/mol. The Balaban J connectivity index is 2.90. The second kappa shape index (κ2) is 4.48. The van der Waals surface area contributed by atoms with Gasteiger partial charge in [0, 0.05) is 12.7 Å².